The normalized spacial score (nSPS) is 23.6. The van der Waals surface area contributed by atoms with E-state index in [4.69, 9.17) is 11.6 Å². The zero-order valence-corrected chi connectivity index (χ0v) is 15.7. The Morgan fingerprint density at radius 2 is 1.70 bits per heavy atom. The van der Waals surface area contributed by atoms with Crippen LogP contribution < -0.4 is 4.90 Å². The van der Waals surface area contributed by atoms with E-state index in [1.165, 1.54) is 0 Å². The van der Waals surface area contributed by atoms with Gasteiger partial charge in [-0.15, -0.1) is 0 Å². The minimum Gasteiger partial charge on any atom is -0.390 e. The van der Waals surface area contributed by atoms with E-state index in [0.29, 0.717) is 23.7 Å². The zero-order valence-electron chi connectivity index (χ0n) is 14.9. The second kappa shape index (κ2) is 7.80. The van der Waals surface area contributed by atoms with Gasteiger partial charge in [0, 0.05) is 62.2 Å². The number of halogens is 1. The highest BCUT2D eigenvalue weighted by Crippen LogP contribution is 2.22. The zero-order chi connectivity index (χ0) is 18.8. The quantitative estimate of drug-likeness (QED) is 0.851. The van der Waals surface area contributed by atoms with Crippen LogP contribution in [0.2, 0.25) is 5.02 Å². The Morgan fingerprint density at radius 1 is 1.04 bits per heavy atom. The van der Waals surface area contributed by atoms with Gasteiger partial charge in [0.15, 0.2) is 0 Å². The molecule has 8 heteroatoms. The van der Waals surface area contributed by atoms with E-state index in [-0.39, 0.29) is 11.9 Å². The molecule has 2 fully saturated rings. The van der Waals surface area contributed by atoms with Gasteiger partial charge in [-0.05, 0) is 30.3 Å². The fourth-order valence-electron chi connectivity index (χ4n) is 3.78. The molecule has 0 spiro atoms. The summed E-state index contributed by atoms with van der Waals surface area (Å²) in [5.74, 6) is 0.674. The number of amides is 1. The number of benzene rings is 1. The van der Waals surface area contributed by atoms with Crippen LogP contribution in [0.3, 0.4) is 0 Å². The third-order valence-corrected chi connectivity index (χ3v) is 5.51. The lowest BCUT2D eigenvalue weighted by atomic mass is 10.1. The monoisotopic (exact) mass is 387 g/mol. The Morgan fingerprint density at radius 3 is 2.37 bits per heavy atom. The number of likely N-dealkylation sites (tertiary alicyclic amines) is 1. The van der Waals surface area contributed by atoms with Crippen LogP contribution >= 0.6 is 11.6 Å². The average molecular weight is 388 g/mol. The van der Waals surface area contributed by atoms with Crippen LogP contribution in [0.4, 0.5) is 5.95 Å². The van der Waals surface area contributed by atoms with Gasteiger partial charge in [0.25, 0.3) is 5.91 Å². The van der Waals surface area contributed by atoms with Gasteiger partial charge in [0.1, 0.15) is 0 Å². The summed E-state index contributed by atoms with van der Waals surface area (Å²) in [5.41, 5.74) is 0.596. The van der Waals surface area contributed by atoms with Gasteiger partial charge >= 0.3 is 0 Å². The Bertz CT molecular complexity index is 780. The lowest BCUT2D eigenvalue weighted by Gasteiger charge is -2.38. The fourth-order valence-corrected chi connectivity index (χ4v) is 3.90. The lowest BCUT2D eigenvalue weighted by Crippen LogP contribution is -2.54. The van der Waals surface area contributed by atoms with E-state index < -0.39 is 6.10 Å². The standard InChI is InChI=1S/C19H22ClN5O2/c20-15-4-2-14(3-5-15)18(27)25-12-16(17(26)13-25)23-8-10-24(11-9-23)19-21-6-1-7-22-19/h1-7,16-17,26H,8-13H2. The third kappa shape index (κ3) is 3.90. The highest BCUT2D eigenvalue weighted by atomic mass is 35.5. The lowest BCUT2D eigenvalue weighted by molar-refractivity contribution is 0.0754. The summed E-state index contributed by atoms with van der Waals surface area (Å²) in [7, 11) is 0. The van der Waals surface area contributed by atoms with Gasteiger partial charge < -0.3 is 14.9 Å². The van der Waals surface area contributed by atoms with E-state index in [9.17, 15) is 9.90 Å². The van der Waals surface area contributed by atoms with Crippen molar-refractivity contribution in [2.75, 3.05) is 44.2 Å². The first-order valence-electron chi connectivity index (χ1n) is 9.11. The second-order valence-electron chi connectivity index (χ2n) is 6.92. The molecule has 142 valence electrons. The van der Waals surface area contributed by atoms with E-state index >= 15 is 0 Å². The van der Waals surface area contributed by atoms with Gasteiger partial charge in [-0.2, -0.15) is 0 Å². The van der Waals surface area contributed by atoms with Crippen LogP contribution in [0.25, 0.3) is 0 Å². The minimum atomic E-state index is -0.541. The SMILES string of the molecule is O=C(c1ccc(Cl)cc1)N1CC(O)C(N2CCN(c3ncccn3)CC2)C1. The summed E-state index contributed by atoms with van der Waals surface area (Å²) in [6.07, 6.45) is 2.95. The summed E-state index contributed by atoms with van der Waals surface area (Å²) in [5, 5.41) is 11.1. The summed E-state index contributed by atoms with van der Waals surface area (Å²) in [6.45, 7) is 4.11. The van der Waals surface area contributed by atoms with Gasteiger partial charge in [-0.3, -0.25) is 9.69 Å². The van der Waals surface area contributed by atoms with Gasteiger partial charge in [0.05, 0.1) is 12.1 Å². The Kier molecular flexibility index (Phi) is 5.24. The van der Waals surface area contributed by atoms with Crippen molar-refractivity contribution in [2.24, 2.45) is 0 Å². The van der Waals surface area contributed by atoms with Gasteiger partial charge in [-0.1, -0.05) is 11.6 Å². The highest BCUT2D eigenvalue weighted by molar-refractivity contribution is 6.30. The molecule has 1 amide bonds. The number of hydrogen-bond donors (Lipinski definition) is 1. The predicted molar refractivity (Wildman–Crippen MR) is 103 cm³/mol. The first-order chi connectivity index (χ1) is 13.1. The molecule has 2 aliphatic heterocycles. The van der Waals surface area contributed by atoms with Crippen LogP contribution in [0.15, 0.2) is 42.7 Å². The Labute approximate surface area is 163 Å². The summed E-state index contributed by atoms with van der Waals surface area (Å²) in [4.78, 5) is 27.4. The highest BCUT2D eigenvalue weighted by Gasteiger charge is 2.39. The number of carbonyl (C=O) groups is 1. The largest absolute Gasteiger partial charge is 0.390 e. The van der Waals surface area contributed by atoms with Gasteiger partial charge in [-0.25, -0.2) is 9.97 Å². The van der Waals surface area contributed by atoms with Crippen molar-refractivity contribution in [2.45, 2.75) is 12.1 Å². The number of β-amino-alcohol motifs (C(OH)–C–C–N with tert-alkyl or cyclic N) is 1. The number of nitrogens with zero attached hydrogens (tertiary/aromatic N) is 5. The number of piperazine rings is 1. The molecule has 1 aromatic heterocycles. The molecule has 0 radical (unpaired) electrons. The number of aliphatic hydroxyl groups is 1. The number of anilines is 1. The molecule has 27 heavy (non-hydrogen) atoms. The van der Waals surface area contributed by atoms with Crippen molar-refractivity contribution in [3.8, 4) is 0 Å². The Hall–Kier alpha value is -2.22. The molecule has 0 saturated carbocycles. The van der Waals surface area contributed by atoms with Crippen LogP contribution in [-0.4, -0.2) is 82.2 Å². The topological polar surface area (TPSA) is 72.8 Å². The molecule has 2 saturated heterocycles. The van der Waals surface area contributed by atoms with E-state index in [1.807, 2.05) is 0 Å². The first-order valence-corrected chi connectivity index (χ1v) is 9.48. The third-order valence-electron chi connectivity index (χ3n) is 5.26. The van der Waals surface area contributed by atoms with E-state index in [2.05, 4.69) is 19.8 Å². The predicted octanol–water partition coefficient (Wildman–Crippen LogP) is 1.14. The first kappa shape index (κ1) is 18.2. The molecule has 2 aromatic rings. The average Bonchev–Trinajstić information content (AvgIpc) is 3.10. The molecule has 2 unspecified atom stereocenters. The van der Waals surface area contributed by atoms with Crippen LogP contribution in [0.1, 0.15) is 10.4 Å². The van der Waals surface area contributed by atoms with Crippen LogP contribution in [0, 0.1) is 0 Å². The van der Waals surface area contributed by atoms with Crippen LogP contribution in [-0.2, 0) is 0 Å². The van der Waals surface area contributed by atoms with Crippen LogP contribution in [0.5, 0.6) is 0 Å². The maximum absolute atomic E-state index is 12.7. The van der Waals surface area contributed by atoms with Crippen molar-refractivity contribution < 1.29 is 9.90 Å². The van der Waals surface area contributed by atoms with E-state index in [1.54, 1.807) is 47.6 Å². The fraction of sp³-hybridized carbons (Fsp3) is 0.421. The molecule has 1 N–H and O–H groups in total. The number of rotatable bonds is 3. The van der Waals surface area contributed by atoms with Crippen molar-refractivity contribution in [3.05, 3.63) is 53.3 Å². The van der Waals surface area contributed by atoms with E-state index in [0.717, 1.165) is 32.1 Å². The smallest absolute Gasteiger partial charge is 0.253 e. The molecule has 7 nitrogen and oxygen atoms in total. The molecular weight excluding hydrogens is 366 g/mol. The summed E-state index contributed by atoms with van der Waals surface area (Å²) in [6, 6.07) is 8.64. The molecule has 4 rings (SSSR count). The molecule has 2 atom stereocenters. The van der Waals surface area contributed by atoms with Crippen molar-refractivity contribution in [3.63, 3.8) is 0 Å². The second-order valence-corrected chi connectivity index (χ2v) is 7.36. The summed E-state index contributed by atoms with van der Waals surface area (Å²) < 4.78 is 0. The maximum Gasteiger partial charge on any atom is 0.253 e. The number of carbonyl (C=O) groups excluding carboxylic acids is 1. The number of hydrogen-bond acceptors (Lipinski definition) is 6. The molecule has 0 aliphatic carbocycles. The molecule has 1 aromatic carbocycles. The molecular formula is C19H22ClN5O2. The molecule has 3 heterocycles. The molecule has 2 aliphatic rings. The van der Waals surface area contributed by atoms with Crippen molar-refractivity contribution in [1.82, 2.24) is 19.8 Å². The van der Waals surface area contributed by atoms with Crippen molar-refractivity contribution in [1.29, 1.82) is 0 Å². The van der Waals surface area contributed by atoms with Gasteiger partial charge in [0.2, 0.25) is 5.95 Å². The number of aliphatic hydroxyl groups excluding tert-OH is 1. The Balaban J connectivity index is 1.36. The number of aromatic nitrogens is 2. The summed E-state index contributed by atoms with van der Waals surface area (Å²) >= 11 is 5.90. The van der Waals surface area contributed by atoms with Crippen molar-refractivity contribution >= 4 is 23.5 Å². The maximum atomic E-state index is 12.7. The minimum absolute atomic E-state index is 0.0416. The molecule has 0 bridgehead atoms.